The van der Waals surface area contributed by atoms with Crippen molar-refractivity contribution in [2.75, 3.05) is 17.2 Å². The van der Waals surface area contributed by atoms with Gasteiger partial charge in [0, 0.05) is 11.9 Å². The standard InChI is InChI=1S/C16H20N6O5S/c17-3-7-4-22(14-10(7)13(19)20-6-21-14)15-12(24)11(23)9(27-15)5-28-2-1-8(18)16(25)26/h4,6,8-9,11-12,15,23-24H,1-2,5,18H2,(H,25,26)(H2,19,20,21). The van der Waals surface area contributed by atoms with Crippen molar-refractivity contribution in [2.24, 2.45) is 5.73 Å². The van der Waals surface area contributed by atoms with Crippen LogP contribution in [0.15, 0.2) is 12.5 Å². The molecule has 0 amide bonds. The van der Waals surface area contributed by atoms with E-state index in [2.05, 4.69) is 9.97 Å². The Balaban J connectivity index is 1.73. The second kappa shape index (κ2) is 8.29. The average molecular weight is 408 g/mol. The molecule has 0 spiro atoms. The largest absolute Gasteiger partial charge is 0.480 e. The Hall–Kier alpha value is -2.43. The highest BCUT2D eigenvalue weighted by Crippen LogP contribution is 2.35. The third-order valence-electron chi connectivity index (χ3n) is 4.54. The molecule has 0 bridgehead atoms. The number of carboxylic acids is 1. The number of thioether (sulfide) groups is 1. The smallest absolute Gasteiger partial charge is 0.320 e. The van der Waals surface area contributed by atoms with E-state index in [4.69, 9.17) is 21.3 Å². The summed E-state index contributed by atoms with van der Waals surface area (Å²) in [5.74, 6) is -0.129. The summed E-state index contributed by atoms with van der Waals surface area (Å²) in [6.45, 7) is 0. The number of nitriles is 1. The van der Waals surface area contributed by atoms with Crippen LogP contribution in [0.3, 0.4) is 0 Å². The van der Waals surface area contributed by atoms with E-state index in [-0.39, 0.29) is 17.8 Å². The third-order valence-corrected chi connectivity index (χ3v) is 5.63. The Morgan fingerprint density at radius 1 is 1.43 bits per heavy atom. The Bertz CT molecular complexity index is 915. The Kier molecular flexibility index (Phi) is 6.01. The van der Waals surface area contributed by atoms with Gasteiger partial charge in [-0.1, -0.05) is 0 Å². The zero-order valence-electron chi connectivity index (χ0n) is 14.7. The fourth-order valence-electron chi connectivity index (χ4n) is 3.02. The van der Waals surface area contributed by atoms with E-state index in [9.17, 15) is 20.3 Å². The lowest BCUT2D eigenvalue weighted by molar-refractivity contribution is -0.138. The number of anilines is 1. The summed E-state index contributed by atoms with van der Waals surface area (Å²) in [4.78, 5) is 18.7. The number of rotatable bonds is 7. The van der Waals surface area contributed by atoms with Crippen LogP contribution in [0.25, 0.3) is 11.0 Å². The molecule has 5 unspecified atom stereocenters. The number of hydrogen-bond acceptors (Lipinski definition) is 10. The van der Waals surface area contributed by atoms with Gasteiger partial charge in [0.2, 0.25) is 0 Å². The summed E-state index contributed by atoms with van der Waals surface area (Å²) in [5.41, 5.74) is 11.8. The predicted molar refractivity (Wildman–Crippen MR) is 100 cm³/mol. The molecule has 2 aromatic heterocycles. The molecule has 0 aliphatic carbocycles. The van der Waals surface area contributed by atoms with Gasteiger partial charge in [-0.25, -0.2) is 9.97 Å². The van der Waals surface area contributed by atoms with Crippen molar-refractivity contribution in [1.82, 2.24) is 14.5 Å². The van der Waals surface area contributed by atoms with Crippen molar-refractivity contribution in [3.05, 3.63) is 18.1 Å². The first-order valence-electron chi connectivity index (χ1n) is 8.44. The lowest BCUT2D eigenvalue weighted by atomic mass is 10.1. The Labute approximate surface area is 163 Å². The van der Waals surface area contributed by atoms with E-state index in [0.717, 1.165) is 0 Å². The quantitative estimate of drug-likeness (QED) is 0.354. The molecule has 0 radical (unpaired) electrons. The van der Waals surface area contributed by atoms with Crippen LogP contribution in [-0.2, 0) is 9.53 Å². The third kappa shape index (κ3) is 3.75. The summed E-state index contributed by atoms with van der Waals surface area (Å²) in [6, 6.07) is 1.07. The van der Waals surface area contributed by atoms with Crippen molar-refractivity contribution < 1.29 is 24.9 Å². The maximum absolute atomic E-state index is 10.7. The summed E-state index contributed by atoms with van der Waals surface area (Å²) >= 11 is 1.37. The molecule has 5 atom stereocenters. The van der Waals surface area contributed by atoms with Crippen LogP contribution in [0, 0.1) is 11.3 Å². The molecule has 1 aliphatic rings. The van der Waals surface area contributed by atoms with Crippen molar-refractivity contribution >= 4 is 34.6 Å². The number of aliphatic carboxylic acids is 1. The predicted octanol–water partition coefficient (Wildman–Crippen LogP) is -0.960. The number of nitrogen functional groups attached to an aromatic ring is 1. The van der Waals surface area contributed by atoms with E-state index in [0.29, 0.717) is 22.5 Å². The minimum absolute atomic E-state index is 0.134. The van der Waals surface area contributed by atoms with E-state index in [1.54, 1.807) is 0 Å². The Morgan fingerprint density at radius 3 is 2.86 bits per heavy atom. The van der Waals surface area contributed by atoms with E-state index in [1.165, 1.54) is 28.9 Å². The first-order chi connectivity index (χ1) is 13.3. The molecule has 0 saturated carbocycles. The topological polar surface area (TPSA) is 194 Å². The highest BCUT2D eigenvalue weighted by atomic mass is 32.2. The maximum Gasteiger partial charge on any atom is 0.320 e. The van der Waals surface area contributed by atoms with Crippen LogP contribution >= 0.6 is 11.8 Å². The number of hydrogen-bond donors (Lipinski definition) is 5. The average Bonchev–Trinajstić information content (AvgIpc) is 3.18. The van der Waals surface area contributed by atoms with Crippen molar-refractivity contribution in [2.45, 2.75) is 37.0 Å². The van der Waals surface area contributed by atoms with Crippen molar-refractivity contribution in [1.29, 1.82) is 5.26 Å². The number of carbonyl (C=O) groups is 1. The van der Waals surface area contributed by atoms with Crippen molar-refractivity contribution in [3.63, 3.8) is 0 Å². The SMILES string of the molecule is N#Cc1cn(C2OC(CSCCC(N)C(=O)O)C(O)C2O)c2ncnc(N)c12. The van der Waals surface area contributed by atoms with Gasteiger partial charge in [0.25, 0.3) is 0 Å². The summed E-state index contributed by atoms with van der Waals surface area (Å²) in [6.07, 6.45) is -1.07. The fourth-order valence-corrected chi connectivity index (χ4v) is 4.11. The molecule has 1 fully saturated rings. The first kappa shape index (κ1) is 20.3. The molecule has 150 valence electrons. The highest BCUT2D eigenvalue weighted by Gasteiger charge is 2.44. The lowest BCUT2D eigenvalue weighted by Crippen LogP contribution is -2.33. The number of carboxylic acid groups (broad SMARTS) is 1. The number of fused-ring (bicyclic) bond motifs is 1. The van der Waals surface area contributed by atoms with Gasteiger partial charge in [0.1, 0.15) is 42.1 Å². The molecule has 1 saturated heterocycles. The van der Waals surface area contributed by atoms with Gasteiger partial charge in [-0.15, -0.1) is 0 Å². The Morgan fingerprint density at radius 2 is 2.18 bits per heavy atom. The lowest BCUT2D eigenvalue weighted by Gasteiger charge is -2.17. The molecule has 12 heteroatoms. The number of ether oxygens (including phenoxy) is 1. The fraction of sp³-hybridized carbons (Fsp3) is 0.500. The van der Waals surface area contributed by atoms with E-state index >= 15 is 0 Å². The molecule has 11 nitrogen and oxygen atoms in total. The van der Waals surface area contributed by atoms with Gasteiger partial charge in [-0.3, -0.25) is 4.79 Å². The molecular formula is C16H20N6O5S. The number of nitrogens with two attached hydrogens (primary N) is 2. The zero-order valence-corrected chi connectivity index (χ0v) is 15.5. The second-order valence-corrected chi connectivity index (χ2v) is 7.52. The molecule has 2 aromatic rings. The molecule has 3 heterocycles. The van der Waals surface area contributed by atoms with Gasteiger partial charge in [-0.2, -0.15) is 17.0 Å². The number of aliphatic hydroxyl groups is 2. The van der Waals surface area contributed by atoms with Crippen LogP contribution in [0.5, 0.6) is 0 Å². The minimum Gasteiger partial charge on any atom is -0.480 e. The van der Waals surface area contributed by atoms with Gasteiger partial charge in [0.05, 0.1) is 17.1 Å². The summed E-state index contributed by atoms with van der Waals surface area (Å²) in [7, 11) is 0. The van der Waals surface area contributed by atoms with Gasteiger partial charge in [-0.05, 0) is 12.2 Å². The molecule has 28 heavy (non-hydrogen) atoms. The monoisotopic (exact) mass is 408 g/mol. The van der Waals surface area contributed by atoms with E-state index in [1.807, 2.05) is 6.07 Å². The molecule has 7 N–H and O–H groups in total. The number of nitrogens with zero attached hydrogens (tertiary/aromatic N) is 4. The summed E-state index contributed by atoms with van der Waals surface area (Å²) < 4.78 is 7.28. The van der Waals surface area contributed by atoms with Crippen LogP contribution in [0.4, 0.5) is 5.82 Å². The van der Waals surface area contributed by atoms with Gasteiger partial charge in [0.15, 0.2) is 6.23 Å². The minimum atomic E-state index is -1.25. The highest BCUT2D eigenvalue weighted by molar-refractivity contribution is 7.99. The normalized spacial score (nSPS) is 25.6. The molecule has 1 aliphatic heterocycles. The van der Waals surface area contributed by atoms with Crippen LogP contribution in [0.2, 0.25) is 0 Å². The molecule has 3 rings (SSSR count). The zero-order chi connectivity index (χ0) is 20.4. The first-order valence-corrected chi connectivity index (χ1v) is 9.59. The molecular weight excluding hydrogens is 388 g/mol. The second-order valence-electron chi connectivity index (χ2n) is 6.37. The van der Waals surface area contributed by atoms with Crippen LogP contribution in [0.1, 0.15) is 18.2 Å². The van der Waals surface area contributed by atoms with E-state index < -0.39 is 36.6 Å². The van der Waals surface area contributed by atoms with Gasteiger partial charge < -0.3 is 36.1 Å². The number of aromatic nitrogens is 3. The summed E-state index contributed by atoms with van der Waals surface area (Å²) in [5, 5.41) is 39.3. The van der Waals surface area contributed by atoms with Crippen molar-refractivity contribution in [3.8, 4) is 6.07 Å². The maximum atomic E-state index is 10.7. The van der Waals surface area contributed by atoms with Crippen LogP contribution < -0.4 is 11.5 Å². The van der Waals surface area contributed by atoms with Gasteiger partial charge >= 0.3 is 5.97 Å². The van der Waals surface area contributed by atoms with Crippen LogP contribution in [-0.4, -0.2) is 71.7 Å². The number of aliphatic hydroxyl groups excluding tert-OH is 2. The molecule has 0 aromatic carbocycles.